The van der Waals surface area contributed by atoms with Crippen LogP contribution in [0.3, 0.4) is 0 Å². The Bertz CT molecular complexity index is 669. The molecule has 4 unspecified atom stereocenters. The van der Waals surface area contributed by atoms with Crippen LogP contribution in [-0.4, -0.2) is 87.2 Å². The lowest BCUT2D eigenvalue weighted by molar-refractivity contribution is -0.144. The van der Waals surface area contributed by atoms with Crippen molar-refractivity contribution in [2.75, 3.05) is 13.2 Å². The minimum Gasteiger partial charge on any atom is -0.481 e. The molecule has 7 N–H and O–H groups in total. The standard InChI is InChI=1S/C18H30N4O8/c1-9(2)14(18(29)30)21-15(26)11(8-23)20-16(27)12-4-3-7-22(12)17(28)10(19)5-6-13(24)25/h9-12,14,23H,3-8,19H2,1-2H3,(H,20,27)(H,21,26)(H,24,25)(H,29,30). The van der Waals surface area contributed by atoms with E-state index in [0.29, 0.717) is 12.8 Å². The van der Waals surface area contributed by atoms with E-state index in [1.807, 2.05) is 0 Å². The van der Waals surface area contributed by atoms with Crippen LogP contribution >= 0.6 is 0 Å². The molecule has 1 fully saturated rings. The molecule has 1 heterocycles. The molecular formula is C18H30N4O8. The highest BCUT2D eigenvalue weighted by Gasteiger charge is 2.38. The van der Waals surface area contributed by atoms with Crippen LogP contribution in [0, 0.1) is 5.92 Å². The average molecular weight is 430 g/mol. The monoisotopic (exact) mass is 430 g/mol. The summed E-state index contributed by atoms with van der Waals surface area (Å²) >= 11 is 0. The molecule has 0 spiro atoms. The molecule has 0 radical (unpaired) electrons. The van der Waals surface area contributed by atoms with Crippen LogP contribution in [0.15, 0.2) is 0 Å². The maximum absolute atomic E-state index is 12.6. The average Bonchev–Trinajstić information content (AvgIpc) is 3.16. The second-order valence-electron chi connectivity index (χ2n) is 7.54. The zero-order chi connectivity index (χ0) is 23.0. The van der Waals surface area contributed by atoms with Gasteiger partial charge >= 0.3 is 11.9 Å². The normalized spacial score (nSPS) is 19.1. The second kappa shape index (κ2) is 11.5. The van der Waals surface area contributed by atoms with Gasteiger partial charge in [-0.05, 0) is 25.2 Å². The smallest absolute Gasteiger partial charge is 0.326 e. The molecule has 4 atom stereocenters. The van der Waals surface area contributed by atoms with E-state index in [0.717, 1.165) is 0 Å². The number of hydrogen-bond donors (Lipinski definition) is 6. The number of amides is 3. The molecule has 0 aromatic rings. The first-order chi connectivity index (χ1) is 14.0. The minimum atomic E-state index is -1.39. The van der Waals surface area contributed by atoms with Crippen molar-refractivity contribution in [3.05, 3.63) is 0 Å². The summed E-state index contributed by atoms with van der Waals surface area (Å²) in [7, 11) is 0. The van der Waals surface area contributed by atoms with Gasteiger partial charge in [0.2, 0.25) is 17.7 Å². The van der Waals surface area contributed by atoms with E-state index in [9.17, 15) is 34.2 Å². The molecule has 1 saturated heterocycles. The number of carboxylic acid groups (broad SMARTS) is 2. The number of aliphatic hydroxyl groups excluding tert-OH is 1. The van der Waals surface area contributed by atoms with E-state index in [1.54, 1.807) is 13.8 Å². The molecule has 0 bridgehead atoms. The number of nitrogens with one attached hydrogen (secondary N) is 2. The number of rotatable bonds is 11. The maximum Gasteiger partial charge on any atom is 0.326 e. The van der Waals surface area contributed by atoms with Crippen LogP contribution < -0.4 is 16.4 Å². The van der Waals surface area contributed by atoms with Gasteiger partial charge in [0.1, 0.15) is 18.1 Å². The zero-order valence-corrected chi connectivity index (χ0v) is 17.0. The van der Waals surface area contributed by atoms with Gasteiger partial charge in [-0.15, -0.1) is 0 Å². The van der Waals surface area contributed by atoms with Gasteiger partial charge in [-0.3, -0.25) is 19.2 Å². The molecular weight excluding hydrogens is 400 g/mol. The molecule has 0 aromatic heterocycles. The third-order valence-corrected chi connectivity index (χ3v) is 4.87. The number of carboxylic acids is 2. The van der Waals surface area contributed by atoms with Crippen LogP contribution in [0.4, 0.5) is 0 Å². The molecule has 1 aliphatic rings. The number of hydrogen-bond acceptors (Lipinski definition) is 7. The predicted octanol–water partition coefficient (Wildman–Crippen LogP) is -2.13. The maximum atomic E-state index is 12.6. The summed E-state index contributed by atoms with van der Waals surface area (Å²) in [6.07, 6.45) is 0.462. The molecule has 30 heavy (non-hydrogen) atoms. The second-order valence-corrected chi connectivity index (χ2v) is 7.54. The lowest BCUT2D eigenvalue weighted by atomic mass is 10.0. The van der Waals surface area contributed by atoms with Crippen molar-refractivity contribution >= 4 is 29.7 Å². The Kier molecular flexibility index (Phi) is 9.66. The summed E-state index contributed by atoms with van der Waals surface area (Å²) in [5.74, 6) is -4.87. The van der Waals surface area contributed by atoms with Crippen molar-refractivity contribution in [3.63, 3.8) is 0 Å². The largest absolute Gasteiger partial charge is 0.481 e. The van der Waals surface area contributed by atoms with Crippen molar-refractivity contribution in [2.45, 2.75) is 63.7 Å². The van der Waals surface area contributed by atoms with E-state index in [4.69, 9.17) is 10.8 Å². The SMILES string of the molecule is CC(C)C(NC(=O)C(CO)NC(=O)C1CCCN1C(=O)C(N)CCC(=O)O)C(=O)O. The fourth-order valence-electron chi connectivity index (χ4n) is 3.15. The fraction of sp³-hybridized carbons (Fsp3) is 0.722. The number of carbonyl (C=O) groups is 5. The highest BCUT2D eigenvalue weighted by molar-refractivity contribution is 5.94. The Morgan fingerprint density at radius 3 is 2.27 bits per heavy atom. The summed E-state index contributed by atoms with van der Waals surface area (Å²) in [4.78, 5) is 60.6. The van der Waals surface area contributed by atoms with Crippen molar-refractivity contribution in [1.29, 1.82) is 0 Å². The lowest BCUT2D eigenvalue weighted by Gasteiger charge is -2.28. The first-order valence-corrected chi connectivity index (χ1v) is 9.71. The third-order valence-electron chi connectivity index (χ3n) is 4.87. The molecule has 12 heteroatoms. The summed E-state index contributed by atoms with van der Waals surface area (Å²) in [6, 6.07) is -4.58. The van der Waals surface area contributed by atoms with Gasteiger partial charge < -0.3 is 36.6 Å². The molecule has 0 aromatic carbocycles. The van der Waals surface area contributed by atoms with Gasteiger partial charge in [0.05, 0.1) is 12.6 Å². The zero-order valence-electron chi connectivity index (χ0n) is 17.0. The molecule has 0 saturated carbocycles. The fourth-order valence-corrected chi connectivity index (χ4v) is 3.15. The van der Waals surface area contributed by atoms with Crippen LogP contribution in [0.2, 0.25) is 0 Å². The molecule has 1 aliphatic heterocycles. The molecule has 1 rings (SSSR count). The molecule has 3 amide bonds. The topological polar surface area (TPSA) is 199 Å². The Balaban J connectivity index is 2.77. The van der Waals surface area contributed by atoms with Gasteiger partial charge in [-0.25, -0.2) is 4.79 Å². The number of nitrogens with two attached hydrogens (primary N) is 1. The molecule has 12 nitrogen and oxygen atoms in total. The van der Waals surface area contributed by atoms with Gasteiger partial charge in [0.25, 0.3) is 0 Å². The Hall–Kier alpha value is -2.73. The summed E-state index contributed by atoms with van der Waals surface area (Å²) in [6.45, 7) is 2.69. The van der Waals surface area contributed by atoms with E-state index in [-0.39, 0.29) is 19.4 Å². The van der Waals surface area contributed by atoms with Gasteiger partial charge in [0.15, 0.2) is 0 Å². The van der Waals surface area contributed by atoms with Crippen LogP contribution in [0.1, 0.15) is 39.5 Å². The highest BCUT2D eigenvalue weighted by Crippen LogP contribution is 2.19. The summed E-state index contributed by atoms with van der Waals surface area (Å²) in [5.41, 5.74) is 5.75. The lowest BCUT2D eigenvalue weighted by Crippen LogP contribution is -2.58. The first-order valence-electron chi connectivity index (χ1n) is 9.71. The summed E-state index contributed by atoms with van der Waals surface area (Å²) < 4.78 is 0. The van der Waals surface area contributed by atoms with Crippen LogP contribution in [-0.2, 0) is 24.0 Å². The number of carbonyl (C=O) groups excluding carboxylic acids is 3. The predicted molar refractivity (Wildman–Crippen MR) is 103 cm³/mol. The molecule has 170 valence electrons. The van der Waals surface area contributed by atoms with Crippen molar-refractivity contribution in [3.8, 4) is 0 Å². The Morgan fingerprint density at radius 2 is 1.77 bits per heavy atom. The Labute approximate surface area is 173 Å². The number of aliphatic hydroxyl groups is 1. The van der Waals surface area contributed by atoms with Gasteiger partial charge in [-0.1, -0.05) is 13.8 Å². The van der Waals surface area contributed by atoms with Gasteiger partial charge in [-0.2, -0.15) is 0 Å². The quantitative estimate of drug-likeness (QED) is 0.212. The van der Waals surface area contributed by atoms with E-state index < -0.39 is 66.4 Å². The number of nitrogens with zero attached hydrogens (tertiary/aromatic N) is 1. The Morgan fingerprint density at radius 1 is 1.13 bits per heavy atom. The molecule has 0 aliphatic carbocycles. The number of aliphatic carboxylic acids is 2. The van der Waals surface area contributed by atoms with Crippen LogP contribution in [0.25, 0.3) is 0 Å². The first kappa shape index (κ1) is 25.3. The van der Waals surface area contributed by atoms with E-state index >= 15 is 0 Å². The third kappa shape index (κ3) is 6.95. The minimum absolute atomic E-state index is 0.0769. The van der Waals surface area contributed by atoms with Crippen molar-refractivity contribution < 1.29 is 39.3 Å². The van der Waals surface area contributed by atoms with E-state index in [1.165, 1.54) is 4.90 Å². The van der Waals surface area contributed by atoms with Crippen molar-refractivity contribution in [1.82, 2.24) is 15.5 Å². The number of likely N-dealkylation sites (tertiary alicyclic amines) is 1. The van der Waals surface area contributed by atoms with Crippen LogP contribution in [0.5, 0.6) is 0 Å². The van der Waals surface area contributed by atoms with Gasteiger partial charge in [0, 0.05) is 13.0 Å². The highest BCUT2D eigenvalue weighted by atomic mass is 16.4. The summed E-state index contributed by atoms with van der Waals surface area (Å²) in [5, 5.41) is 32.0. The van der Waals surface area contributed by atoms with E-state index in [2.05, 4.69) is 10.6 Å². The van der Waals surface area contributed by atoms with Crippen molar-refractivity contribution in [2.24, 2.45) is 11.7 Å².